The average Bonchev–Trinajstić information content (AvgIpc) is 2.68. The van der Waals surface area contributed by atoms with E-state index in [2.05, 4.69) is 17.6 Å². The van der Waals surface area contributed by atoms with Crippen molar-refractivity contribution in [3.63, 3.8) is 0 Å². The van der Waals surface area contributed by atoms with Crippen LogP contribution in [0.2, 0.25) is 5.02 Å². The number of amides is 1. The predicted molar refractivity (Wildman–Crippen MR) is 109 cm³/mol. The fourth-order valence-electron chi connectivity index (χ4n) is 3.85. The van der Waals surface area contributed by atoms with Gasteiger partial charge >= 0.3 is 6.18 Å². The molecule has 2 aromatic carbocycles. The van der Waals surface area contributed by atoms with Crippen LogP contribution in [0.1, 0.15) is 42.1 Å². The van der Waals surface area contributed by atoms with Gasteiger partial charge in [-0.05, 0) is 61.4 Å². The Morgan fingerprint density at radius 1 is 1.14 bits per heavy atom. The fraction of sp³-hybridized carbons (Fsp3) is 0.409. The van der Waals surface area contributed by atoms with E-state index in [4.69, 9.17) is 11.6 Å². The third-order valence-corrected chi connectivity index (χ3v) is 5.83. The van der Waals surface area contributed by atoms with Crippen molar-refractivity contribution >= 4 is 23.2 Å². The van der Waals surface area contributed by atoms with Crippen molar-refractivity contribution in [1.29, 1.82) is 0 Å². The van der Waals surface area contributed by atoms with Gasteiger partial charge in [0, 0.05) is 18.3 Å². The summed E-state index contributed by atoms with van der Waals surface area (Å²) in [5.74, 6) is 0.147. The maximum absolute atomic E-state index is 12.9. The van der Waals surface area contributed by atoms with Crippen molar-refractivity contribution in [1.82, 2.24) is 5.32 Å². The van der Waals surface area contributed by atoms with Crippen LogP contribution in [0.4, 0.5) is 18.9 Å². The second-order valence-corrected chi connectivity index (χ2v) is 8.08. The molecule has 0 bridgehead atoms. The molecule has 0 radical (unpaired) electrons. The molecule has 29 heavy (non-hydrogen) atoms. The average molecular weight is 425 g/mol. The first-order valence-electron chi connectivity index (χ1n) is 9.70. The molecule has 7 heteroatoms. The first kappa shape index (κ1) is 21.5. The van der Waals surface area contributed by atoms with Crippen LogP contribution in [0.3, 0.4) is 0 Å². The smallest absolute Gasteiger partial charge is 0.385 e. The Bertz CT molecular complexity index is 842. The lowest BCUT2D eigenvalue weighted by Crippen LogP contribution is -2.43. The van der Waals surface area contributed by atoms with Crippen LogP contribution in [-0.2, 0) is 6.18 Å². The number of carbonyl (C=O) groups is 1. The number of carbonyl (C=O) groups excluding carboxylic acids is 1. The third-order valence-electron chi connectivity index (χ3n) is 5.50. The molecule has 1 amide bonds. The first-order chi connectivity index (χ1) is 13.7. The van der Waals surface area contributed by atoms with Gasteiger partial charge in [0.15, 0.2) is 0 Å². The van der Waals surface area contributed by atoms with E-state index in [1.165, 1.54) is 0 Å². The monoisotopic (exact) mass is 424 g/mol. The minimum absolute atomic E-state index is 0.0175. The Morgan fingerprint density at radius 3 is 2.52 bits per heavy atom. The maximum atomic E-state index is 12.9. The minimum Gasteiger partial charge on any atom is -0.385 e. The zero-order valence-electron chi connectivity index (χ0n) is 16.1. The molecule has 1 fully saturated rings. The molecule has 1 aliphatic carbocycles. The van der Waals surface area contributed by atoms with E-state index in [0.29, 0.717) is 5.92 Å². The van der Waals surface area contributed by atoms with Gasteiger partial charge in [-0.2, -0.15) is 13.2 Å². The minimum atomic E-state index is -4.52. The van der Waals surface area contributed by atoms with Crippen LogP contribution in [0, 0.1) is 11.8 Å². The topological polar surface area (TPSA) is 41.1 Å². The molecular formula is C22H24ClF3N2O. The maximum Gasteiger partial charge on any atom is 0.416 e. The number of halogens is 4. The van der Waals surface area contributed by atoms with Gasteiger partial charge in [0.1, 0.15) is 0 Å². The van der Waals surface area contributed by atoms with E-state index < -0.39 is 17.6 Å². The highest BCUT2D eigenvalue weighted by Gasteiger charge is 2.33. The molecule has 0 spiro atoms. The first-order valence-corrected chi connectivity index (χ1v) is 10.1. The molecule has 0 aliphatic heterocycles. The summed E-state index contributed by atoms with van der Waals surface area (Å²) in [4.78, 5) is 12.6. The predicted octanol–water partition coefficient (Wildman–Crippen LogP) is 6.01. The zero-order chi connectivity index (χ0) is 21.0. The van der Waals surface area contributed by atoms with Crippen LogP contribution in [0.25, 0.3) is 0 Å². The van der Waals surface area contributed by atoms with E-state index in [1.54, 1.807) is 0 Å². The molecule has 0 heterocycles. The van der Waals surface area contributed by atoms with Gasteiger partial charge in [-0.25, -0.2) is 0 Å². The van der Waals surface area contributed by atoms with Gasteiger partial charge in [0.2, 0.25) is 0 Å². The van der Waals surface area contributed by atoms with Crippen molar-refractivity contribution in [2.24, 2.45) is 11.8 Å². The summed E-state index contributed by atoms with van der Waals surface area (Å²) in [5, 5.41) is 6.34. The summed E-state index contributed by atoms with van der Waals surface area (Å²) in [7, 11) is 0. The summed E-state index contributed by atoms with van der Waals surface area (Å²) in [6.45, 7) is 2.92. The van der Waals surface area contributed by atoms with Crippen molar-refractivity contribution in [2.45, 2.75) is 38.4 Å². The van der Waals surface area contributed by atoms with Gasteiger partial charge in [-0.15, -0.1) is 0 Å². The normalized spacial score (nSPS) is 22.2. The summed E-state index contributed by atoms with van der Waals surface area (Å²) in [5.41, 5.74) is 0.0621. The highest BCUT2D eigenvalue weighted by Crippen LogP contribution is 2.33. The molecule has 3 rings (SSSR count). The Balaban J connectivity index is 1.57. The molecule has 2 aromatic rings. The lowest BCUT2D eigenvalue weighted by Gasteiger charge is -2.35. The van der Waals surface area contributed by atoms with E-state index >= 15 is 0 Å². The number of hydrogen-bond donors (Lipinski definition) is 2. The van der Waals surface area contributed by atoms with Gasteiger partial charge in [-0.3, -0.25) is 4.79 Å². The van der Waals surface area contributed by atoms with Gasteiger partial charge in [0.05, 0.1) is 16.1 Å². The highest BCUT2D eigenvalue weighted by molar-refractivity contribution is 6.33. The summed E-state index contributed by atoms with van der Waals surface area (Å²) >= 11 is 5.98. The summed E-state index contributed by atoms with van der Waals surface area (Å²) in [6.07, 6.45) is -1.87. The van der Waals surface area contributed by atoms with Crippen molar-refractivity contribution in [2.75, 3.05) is 11.9 Å². The number of hydrogen-bond acceptors (Lipinski definition) is 2. The van der Waals surface area contributed by atoms with Crippen LogP contribution >= 0.6 is 11.6 Å². The standard InChI is InChI=1S/C22H24ClF3N2O/c1-14-11-15(13-27-17-5-3-2-4-6-17)7-10-20(14)28-21(29)18-12-16(22(24,25)26)8-9-19(18)23/h2-6,8-9,12,14-15,20,27H,7,10-11,13H2,1H3,(H,28,29)/t14-,15?,20?/m0/s1. The van der Waals surface area contributed by atoms with E-state index in [0.717, 1.165) is 49.7 Å². The number of para-hydroxylation sites is 1. The van der Waals surface area contributed by atoms with Crippen molar-refractivity contribution in [3.8, 4) is 0 Å². The Hall–Kier alpha value is -2.21. The van der Waals surface area contributed by atoms with Crippen LogP contribution < -0.4 is 10.6 Å². The SMILES string of the molecule is C[C@H]1CC(CNc2ccccc2)CCC1NC(=O)c1cc(C(F)(F)F)ccc1Cl. The largest absolute Gasteiger partial charge is 0.416 e. The second-order valence-electron chi connectivity index (χ2n) is 7.68. The molecule has 3 nitrogen and oxygen atoms in total. The molecule has 156 valence electrons. The number of nitrogens with one attached hydrogen (secondary N) is 2. The second kappa shape index (κ2) is 9.08. The molecule has 1 aliphatic rings. The number of rotatable bonds is 5. The molecule has 0 aromatic heterocycles. The summed E-state index contributed by atoms with van der Waals surface area (Å²) in [6, 6.07) is 12.7. The number of anilines is 1. The molecular weight excluding hydrogens is 401 g/mol. The van der Waals surface area contributed by atoms with Gasteiger partial charge in [0.25, 0.3) is 5.91 Å². The Labute approximate surface area is 173 Å². The van der Waals surface area contributed by atoms with Gasteiger partial charge in [-0.1, -0.05) is 36.7 Å². The fourth-order valence-corrected chi connectivity index (χ4v) is 4.05. The molecule has 1 saturated carbocycles. The quantitative estimate of drug-likeness (QED) is 0.617. The van der Waals surface area contributed by atoms with Crippen molar-refractivity contribution < 1.29 is 18.0 Å². The van der Waals surface area contributed by atoms with Crippen LogP contribution in [0.5, 0.6) is 0 Å². The third kappa shape index (κ3) is 5.66. The van der Waals surface area contributed by atoms with Crippen LogP contribution in [-0.4, -0.2) is 18.5 Å². The number of alkyl halides is 3. The van der Waals surface area contributed by atoms with E-state index in [-0.39, 0.29) is 22.5 Å². The van der Waals surface area contributed by atoms with Gasteiger partial charge < -0.3 is 10.6 Å². The summed E-state index contributed by atoms with van der Waals surface area (Å²) < 4.78 is 38.8. The molecule has 2 N–H and O–H groups in total. The number of benzene rings is 2. The Kier molecular flexibility index (Phi) is 6.73. The lowest BCUT2D eigenvalue weighted by atomic mass is 9.78. The molecule has 3 atom stereocenters. The van der Waals surface area contributed by atoms with Crippen molar-refractivity contribution in [3.05, 3.63) is 64.7 Å². The van der Waals surface area contributed by atoms with E-state index in [9.17, 15) is 18.0 Å². The molecule has 2 unspecified atom stereocenters. The molecule has 0 saturated heterocycles. The lowest BCUT2D eigenvalue weighted by molar-refractivity contribution is -0.137. The Morgan fingerprint density at radius 2 is 1.86 bits per heavy atom. The van der Waals surface area contributed by atoms with Crippen LogP contribution in [0.15, 0.2) is 48.5 Å². The zero-order valence-corrected chi connectivity index (χ0v) is 16.9. The van der Waals surface area contributed by atoms with E-state index in [1.807, 2.05) is 30.3 Å². The highest BCUT2D eigenvalue weighted by atomic mass is 35.5.